The maximum Gasteiger partial charge on any atom is 0.151 e. The van der Waals surface area contributed by atoms with Gasteiger partial charge in [0.15, 0.2) is 5.82 Å². The van der Waals surface area contributed by atoms with Crippen molar-refractivity contribution >= 4 is 5.82 Å². The Labute approximate surface area is 188 Å². The zero-order valence-electron chi connectivity index (χ0n) is 18.6. The molecule has 2 aliphatic rings. The number of aryl methyl sites for hydroxylation is 2. The van der Waals surface area contributed by atoms with Crippen molar-refractivity contribution in [1.82, 2.24) is 10.2 Å². The molecule has 32 heavy (non-hydrogen) atoms. The van der Waals surface area contributed by atoms with Gasteiger partial charge < -0.3 is 19.5 Å². The van der Waals surface area contributed by atoms with Gasteiger partial charge in [-0.15, -0.1) is 10.2 Å². The lowest BCUT2D eigenvalue weighted by atomic mass is 10.0. The predicted octanol–water partition coefficient (Wildman–Crippen LogP) is 4.42. The summed E-state index contributed by atoms with van der Waals surface area (Å²) in [5.74, 6) is 1.09. The maximum atomic E-state index is 10.4. The normalized spacial score (nSPS) is 22.7. The van der Waals surface area contributed by atoms with Crippen LogP contribution in [0.1, 0.15) is 29.5 Å². The third kappa shape index (κ3) is 4.20. The van der Waals surface area contributed by atoms with Gasteiger partial charge in [-0.05, 0) is 55.2 Å². The van der Waals surface area contributed by atoms with Crippen molar-refractivity contribution in [2.24, 2.45) is 0 Å². The van der Waals surface area contributed by atoms with E-state index in [-0.39, 0.29) is 24.0 Å². The van der Waals surface area contributed by atoms with Crippen LogP contribution in [0, 0.1) is 13.8 Å². The van der Waals surface area contributed by atoms with E-state index in [2.05, 4.69) is 27.2 Å². The zero-order chi connectivity index (χ0) is 22.1. The Morgan fingerprint density at radius 3 is 2.66 bits per heavy atom. The average molecular weight is 432 g/mol. The van der Waals surface area contributed by atoms with E-state index in [1.165, 1.54) is 5.56 Å². The lowest BCUT2D eigenvalue weighted by molar-refractivity contribution is 0.00592. The SMILES string of the molecule is Cc1cc(C)c(-c2ccc(N3CCO[C@@H]4C[C@@H](OCc5ccccc5)C[C@@H]43)nn2)c(O)c1. The molecule has 2 fully saturated rings. The average Bonchev–Trinajstić information content (AvgIpc) is 3.21. The summed E-state index contributed by atoms with van der Waals surface area (Å²) < 4.78 is 12.3. The molecule has 6 heteroatoms. The van der Waals surface area contributed by atoms with Crippen molar-refractivity contribution in [3.63, 3.8) is 0 Å². The molecule has 3 aromatic rings. The summed E-state index contributed by atoms with van der Waals surface area (Å²) in [6, 6.07) is 18.3. The van der Waals surface area contributed by atoms with Crippen LogP contribution in [-0.2, 0) is 16.1 Å². The topological polar surface area (TPSA) is 67.7 Å². The van der Waals surface area contributed by atoms with E-state index in [1.54, 1.807) is 6.07 Å². The molecule has 166 valence electrons. The molecule has 0 radical (unpaired) electrons. The van der Waals surface area contributed by atoms with Crippen LogP contribution in [0.4, 0.5) is 5.82 Å². The number of aromatic nitrogens is 2. The third-order valence-electron chi connectivity index (χ3n) is 6.48. The number of ether oxygens (including phenoxy) is 2. The molecule has 1 saturated carbocycles. The number of hydrogen-bond donors (Lipinski definition) is 1. The summed E-state index contributed by atoms with van der Waals surface area (Å²) in [6.07, 6.45) is 2.13. The van der Waals surface area contributed by atoms with Gasteiger partial charge in [0.25, 0.3) is 0 Å². The standard InChI is InChI=1S/C26H29N3O3/c1-17-12-18(2)26(23(30)13-17)21-8-9-25(28-27-21)29-10-11-31-24-15-20(14-22(24)29)32-16-19-6-4-3-5-7-19/h3-9,12-13,20,22,24,30H,10-11,14-16H2,1-2H3/t20-,22-,24+/m0/s1. The summed E-state index contributed by atoms with van der Waals surface area (Å²) >= 11 is 0. The monoisotopic (exact) mass is 431 g/mol. The smallest absolute Gasteiger partial charge is 0.151 e. The number of anilines is 1. The molecule has 5 rings (SSSR count). The van der Waals surface area contributed by atoms with Crippen molar-refractivity contribution in [3.05, 3.63) is 71.3 Å². The quantitative estimate of drug-likeness (QED) is 0.645. The minimum Gasteiger partial charge on any atom is -0.507 e. The van der Waals surface area contributed by atoms with Crippen molar-refractivity contribution in [1.29, 1.82) is 0 Å². The highest BCUT2D eigenvalue weighted by atomic mass is 16.5. The van der Waals surface area contributed by atoms with Crippen molar-refractivity contribution in [2.45, 2.75) is 51.5 Å². The Hall–Kier alpha value is -2.96. The van der Waals surface area contributed by atoms with Crippen LogP contribution in [0.25, 0.3) is 11.3 Å². The molecule has 6 nitrogen and oxygen atoms in total. The van der Waals surface area contributed by atoms with Crippen LogP contribution in [0.15, 0.2) is 54.6 Å². The number of morpholine rings is 1. The number of nitrogens with zero attached hydrogens (tertiary/aromatic N) is 3. The largest absolute Gasteiger partial charge is 0.507 e. The van der Waals surface area contributed by atoms with Crippen molar-refractivity contribution in [3.8, 4) is 17.0 Å². The maximum absolute atomic E-state index is 10.4. The molecule has 1 aliphatic heterocycles. The minimum absolute atomic E-state index is 0.148. The van der Waals surface area contributed by atoms with Gasteiger partial charge in [0.05, 0.1) is 37.2 Å². The van der Waals surface area contributed by atoms with Crippen molar-refractivity contribution < 1.29 is 14.6 Å². The Morgan fingerprint density at radius 2 is 1.91 bits per heavy atom. The number of phenolic OH excluding ortho intramolecular Hbond substituents is 1. The molecule has 3 atom stereocenters. The van der Waals surface area contributed by atoms with E-state index in [0.717, 1.165) is 41.9 Å². The lowest BCUT2D eigenvalue weighted by Gasteiger charge is -2.38. The molecule has 2 aromatic carbocycles. The summed E-state index contributed by atoms with van der Waals surface area (Å²) in [4.78, 5) is 2.30. The van der Waals surface area contributed by atoms with Crippen LogP contribution in [0.2, 0.25) is 0 Å². The first-order valence-corrected chi connectivity index (χ1v) is 11.3. The van der Waals surface area contributed by atoms with Gasteiger partial charge in [0.2, 0.25) is 0 Å². The molecular weight excluding hydrogens is 402 g/mol. The molecule has 1 aliphatic carbocycles. The minimum atomic E-state index is 0.148. The predicted molar refractivity (Wildman–Crippen MR) is 124 cm³/mol. The van der Waals surface area contributed by atoms with E-state index in [9.17, 15) is 5.11 Å². The third-order valence-corrected chi connectivity index (χ3v) is 6.48. The number of benzene rings is 2. The Morgan fingerprint density at radius 1 is 1.06 bits per heavy atom. The summed E-state index contributed by atoms with van der Waals surface area (Å²) in [7, 11) is 0. The highest BCUT2D eigenvalue weighted by molar-refractivity contribution is 5.71. The Kier molecular flexibility index (Phi) is 5.81. The number of hydrogen-bond acceptors (Lipinski definition) is 6. The van der Waals surface area contributed by atoms with Crippen LogP contribution in [-0.4, -0.2) is 46.7 Å². The highest BCUT2D eigenvalue weighted by Gasteiger charge is 2.42. The fourth-order valence-corrected chi connectivity index (χ4v) is 5.01. The van der Waals surface area contributed by atoms with E-state index >= 15 is 0 Å². The van der Waals surface area contributed by atoms with Gasteiger partial charge in [-0.25, -0.2) is 0 Å². The second-order valence-corrected chi connectivity index (χ2v) is 8.81. The van der Waals surface area contributed by atoms with Gasteiger partial charge in [0.1, 0.15) is 5.75 Å². The number of rotatable bonds is 5. The second kappa shape index (κ2) is 8.88. The van der Waals surface area contributed by atoms with Gasteiger partial charge in [0, 0.05) is 18.5 Å². The highest BCUT2D eigenvalue weighted by Crippen LogP contribution is 2.36. The fourth-order valence-electron chi connectivity index (χ4n) is 5.01. The molecular formula is C26H29N3O3. The summed E-state index contributed by atoms with van der Waals surface area (Å²) in [5.41, 5.74) is 4.63. The van der Waals surface area contributed by atoms with Gasteiger partial charge >= 0.3 is 0 Å². The van der Waals surface area contributed by atoms with E-state index in [0.29, 0.717) is 18.9 Å². The molecule has 0 bridgehead atoms. The van der Waals surface area contributed by atoms with Crippen molar-refractivity contribution in [2.75, 3.05) is 18.1 Å². The zero-order valence-corrected chi connectivity index (χ0v) is 18.6. The second-order valence-electron chi connectivity index (χ2n) is 8.81. The molecule has 1 saturated heterocycles. The first-order chi connectivity index (χ1) is 15.6. The molecule has 0 unspecified atom stereocenters. The molecule has 2 heterocycles. The van der Waals surface area contributed by atoms with E-state index in [1.807, 2.05) is 50.2 Å². The molecule has 0 amide bonds. The first-order valence-electron chi connectivity index (χ1n) is 11.3. The van der Waals surface area contributed by atoms with E-state index < -0.39 is 0 Å². The Bertz CT molecular complexity index is 1050. The Balaban J connectivity index is 1.30. The van der Waals surface area contributed by atoms with E-state index in [4.69, 9.17) is 9.47 Å². The first kappa shape index (κ1) is 20.9. The molecule has 1 aromatic heterocycles. The number of fused-ring (bicyclic) bond motifs is 1. The molecule has 0 spiro atoms. The number of phenols is 1. The molecule has 1 N–H and O–H groups in total. The van der Waals surface area contributed by atoms with Crippen LogP contribution < -0.4 is 4.90 Å². The number of aromatic hydroxyl groups is 1. The van der Waals surface area contributed by atoms with Gasteiger partial charge in [-0.1, -0.05) is 36.4 Å². The van der Waals surface area contributed by atoms with Gasteiger partial charge in [-0.2, -0.15) is 0 Å². The summed E-state index contributed by atoms with van der Waals surface area (Å²) in [5, 5.41) is 19.4. The van der Waals surface area contributed by atoms with Crippen LogP contribution in [0.3, 0.4) is 0 Å². The van der Waals surface area contributed by atoms with Crippen LogP contribution >= 0.6 is 0 Å². The fraction of sp³-hybridized carbons (Fsp3) is 0.385. The summed E-state index contributed by atoms with van der Waals surface area (Å²) in [6.45, 7) is 6.04. The van der Waals surface area contributed by atoms with Gasteiger partial charge in [-0.3, -0.25) is 0 Å². The lowest BCUT2D eigenvalue weighted by Crippen LogP contribution is -2.49. The van der Waals surface area contributed by atoms with Crippen LogP contribution in [0.5, 0.6) is 5.75 Å².